The lowest BCUT2D eigenvalue weighted by molar-refractivity contribution is 0.287. The van der Waals surface area contributed by atoms with Crippen LogP contribution >= 0.6 is 0 Å². The molecule has 0 bridgehead atoms. The van der Waals surface area contributed by atoms with Crippen molar-refractivity contribution < 1.29 is 9.47 Å². The maximum Gasteiger partial charge on any atom is 0.130 e. The highest BCUT2D eigenvalue weighted by Crippen LogP contribution is 2.23. The topological polar surface area (TPSA) is 31.4 Å². The van der Waals surface area contributed by atoms with Gasteiger partial charge in [0.1, 0.15) is 24.7 Å². The van der Waals surface area contributed by atoms with Gasteiger partial charge in [0, 0.05) is 11.5 Å². The average Bonchev–Trinajstić information content (AvgIpc) is 2.73. The molecule has 0 unspecified atom stereocenters. The first-order chi connectivity index (χ1) is 13.7. The van der Waals surface area contributed by atoms with E-state index in [0.29, 0.717) is 13.2 Å². The van der Waals surface area contributed by atoms with Gasteiger partial charge in [-0.15, -0.1) is 0 Å². The summed E-state index contributed by atoms with van der Waals surface area (Å²) in [5.74, 6) is 1.57. The zero-order chi connectivity index (χ0) is 19.3. The van der Waals surface area contributed by atoms with E-state index < -0.39 is 0 Å². The quantitative estimate of drug-likeness (QED) is 0.417. The van der Waals surface area contributed by atoms with E-state index in [2.05, 4.69) is 49.2 Å². The Labute approximate surface area is 165 Å². The molecule has 0 saturated carbocycles. The fourth-order valence-electron chi connectivity index (χ4n) is 3.13. The van der Waals surface area contributed by atoms with Crippen molar-refractivity contribution in [2.75, 3.05) is 0 Å². The van der Waals surface area contributed by atoms with E-state index in [-0.39, 0.29) is 0 Å². The van der Waals surface area contributed by atoms with Crippen molar-refractivity contribution in [3.05, 3.63) is 101 Å². The number of aromatic nitrogens is 1. The first kappa shape index (κ1) is 18.1. The molecular weight excluding hydrogens is 346 g/mol. The molecule has 1 heterocycles. The fraction of sp³-hybridized carbons (Fsp3) is 0.160. The summed E-state index contributed by atoms with van der Waals surface area (Å²) in [6.45, 7) is 5.21. The lowest BCUT2D eigenvalue weighted by atomic mass is 10.0. The van der Waals surface area contributed by atoms with Crippen molar-refractivity contribution in [3.8, 4) is 11.5 Å². The van der Waals surface area contributed by atoms with Gasteiger partial charge in [-0.3, -0.25) is 0 Å². The van der Waals surface area contributed by atoms with Crippen LogP contribution in [0.4, 0.5) is 0 Å². The smallest absolute Gasteiger partial charge is 0.130 e. The van der Waals surface area contributed by atoms with Crippen LogP contribution in [0.15, 0.2) is 78.9 Å². The Morgan fingerprint density at radius 1 is 0.714 bits per heavy atom. The molecule has 0 aliphatic heterocycles. The molecule has 0 fully saturated rings. The number of aryl methyl sites for hydroxylation is 1. The summed E-state index contributed by atoms with van der Waals surface area (Å²) >= 11 is 0. The van der Waals surface area contributed by atoms with Crippen molar-refractivity contribution in [1.82, 2.24) is 4.98 Å². The predicted octanol–water partition coefficient (Wildman–Crippen LogP) is 6.01. The van der Waals surface area contributed by atoms with E-state index in [0.717, 1.165) is 28.1 Å². The molecule has 0 spiro atoms. The highest BCUT2D eigenvalue weighted by molar-refractivity contribution is 5.78. The zero-order valence-corrected chi connectivity index (χ0v) is 16.2. The first-order valence-corrected chi connectivity index (χ1v) is 9.44. The molecule has 3 aromatic carbocycles. The van der Waals surface area contributed by atoms with Crippen LogP contribution in [0, 0.1) is 13.8 Å². The SMILES string of the molecule is Cc1cccc(COc2cccc(OCc3ccc4ccccc4n3)c2)c1C. The molecule has 0 aliphatic carbocycles. The van der Waals surface area contributed by atoms with Gasteiger partial charge >= 0.3 is 0 Å². The molecule has 140 valence electrons. The van der Waals surface area contributed by atoms with Crippen molar-refractivity contribution in [3.63, 3.8) is 0 Å². The first-order valence-electron chi connectivity index (χ1n) is 9.44. The summed E-state index contributed by atoms with van der Waals surface area (Å²) in [5.41, 5.74) is 5.64. The molecule has 1 aromatic heterocycles. The third kappa shape index (κ3) is 4.15. The molecule has 3 nitrogen and oxygen atoms in total. The largest absolute Gasteiger partial charge is 0.489 e. The molecule has 0 radical (unpaired) electrons. The average molecular weight is 369 g/mol. The van der Waals surface area contributed by atoms with Crippen LogP contribution in [0.3, 0.4) is 0 Å². The molecule has 0 aliphatic rings. The van der Waals surface area contributed by atoms with Crippen LogP contribution in [0.1, 0.15) is 22.4 Å². The van der Waals surface area contributed by atoms with E-state index in [4.69, 9.17) is 9.47 Å². The van der Waals surface area contributed by atoms with Gasteiger partial charge in [-0.25, -0.2) is 4.98 Å². The monoisotopic (exact) mass is 369 g/mol. The lowest BCUT2D eigenvalue weighted by Crippen LogP contribution is -2.00. The second-order valence-electron chi connectivity index (χ2n) is 6.91. The van der Waals surface area contributed by atoms with Crippen LogP contribution < -0.4 is 9.47 Å². The molecule has 0 saturated heterocycles. The number of hydrogen-bond donors (Lipinski definition) is 0. The molecule has 4 aromatic rings. The molecule has 0 atom stereocenters. The van der Waals surface area contributed by atoms with Crippen LogP contribution in [0.5, 0.6) is 11.5 Å². The van der Waals surface area contributed by atoms with Gasteiger partial charge in [0.05, 0.1) is 11.2 Å². The highest BCUT2D eigenvalue weighted by atomic mass is 16.5. The summed E-state index contributed by atoms with van der Waals surface area (Å²) in [7, 11) is 0. The summed E-state index contributed by atoms with van der Waals surface area (Å²) in [6, 6.07) is 26.2. The third-order valence-electron chi connectivity index (χ3n) is 4.96. The van der Waals surface area contributed by atoms with Crippen molar-refractivity contribution in [1.29, 1.82) is 0 Å². The molecule has 28 heavy (non-hydrogen) atoms. The Hall–Kier alpha value is -3.33. The van der Waals surface area contributed by atoms with Crippen LogP contribution in [-0.2, 0) is 13.2 Å². The van der Waals surface area contributed by atoms with E-state index in [1.165, 1.54) is 16.7 Å². The number of para-hydroxylation sites is 1. The third-order valence-corrected chi connectivity index (χ3v) is 4.96. The number of fused-ring (bicyclic) bond motifs is 1. The van der Waals surface area contributed by atoms with Gasteiger partial charge in [-0.05, 0) is 54.8 Å². The minimum atomic E-state index is 0.422. The Morgan fingerprint density at radius 3 is 2.32 bits per heavy atom. The van der Waals surface area contributed by atoms with Gasteiger partial charge in [-0.2, -0.15) is 0 Å². The van der Waals surface area contributed by atoms with E-state index in [9.17, 15) is 0 Å². The molecule has 0 N–H and O–H groups in total. The molecule has 3 heteroatoms. The maximum absolute atomic E-state index is 5.98. The lowest BCUT2D eigenvalue weighted by Gasteiger charge is -2.12. The standard InChI is InChI=1S/C25H23NO2/c1-18-7-5-9-21(19(18)2)16-27-23-10-6-11-24(15-23)28-17-22-14-13-20-8-3-4-12-25(20)26-22/h3-15H,16-17H2,1-2H3. The molecule has 0 amide bonds. The number of hydrogen-bond acceptors (Lipinski definition) is 3. The number of pyridine rings is 1. The van der Waals surface area contributed by atoms with E-state index in [1.54, 1.807) is 0 Å². The second-order valence-corrected chi connectivity index (χ2v) is 6.91. The summed E-state index contributed by atoms with van der Waals surface area (Å²) in [4.78, 5) is 4.65. The van der Waals surface area contributed by atoms with Crippen LogP contribution in [0.2, 0.25) is 0 Å². The fourth-order valence-corrected chi connectivity index (χ4v) is 3.13. The van der Waals surface area contributed by atoms with Gasteiger partial charge in [0.2, 0.25) is 0 Å². The van der Waals surface area contributed by atoms with Crippen molar-refractivity contribution >= 4 is 10.9 Å². The van der Waals surface area contributed by atoms with Crippen molar-refractivity contribution in [2.24, 2.45) is 0 Å². The van der Waals surface area contributed by atoms with Crippen molar-refractivity contribution in [2.45, 2.75) is 27.1 Å². The number of nitrogens with zero attached hydrogens (tertiary/aromatic N) is 1. The van der Waals surface area contributed by atoms with Gasteiger partial charge < -0.3 is 9.47 Å². The summed E-state index contributed by atoms with van der Waals surface area (Å²) < 4.78 is 11.9. The summed E-state index contributed by atoms with van der Waals surface area (Å²) in [5, 5.41) is 1.13. The highest BCUT2D eigenvalue weighted by Gasteiger charge is 2.04. The molecular formula is C25H23NO2. The van der Waals surface area contributed by atoms with Crippen LogP contribution in [-0.4, -0.2) is 4.98 Å². The normalized spacial score (nSPS) is 10.8. The predicted molar refractivity (Wildman–Crippen MR) is 113 cm³/mol. The Bertz CT molecular complexity index is 1100. The number of rotatable bonds is 6. The van der Waals surface area contributed by atoms with E-state index >= 15 is 0 Å². The number of benzene rings is 3. The van der Waals surface area contributed by atoms with Gasteiger partial charge in [0.15, 0.2) is 0 Å². The Morgan fingerprint density at radius 2 is 1.46 bits per heavy atom. The second kappa shape index (κ2) is 8.13. The minimum absolute atomic E-state index is 0.422. The van der Waals surface area contributed by atoms with E-state index in [1.807, 2.05) is 48.5 Å². The van der Waals surface area contributed by atoms with Gasteiger partial charge in [-0.1, -0.05) is 48.5 Å². The maximum atomic E-state index is 5.98. The summed E-state index contributed by atoms with van der Waals surface area (Å²) in [6.07, 6.45) is 0. The molecule has 4 rings (SSSR count). The number of ether oxygens (including phenoxy) is 2. The van der Waals surface area contributed by atoms with Gasteiger partial charge in [0.25, 0.3) is 0 Å². The zero-order valence-electron chi connectivity index (χ0n) is 16.2. The van der Waals surface area contributed by atoms with Crippen LogP contribution in [0.25, 0.3) is 10.9 Å². The Balaban J connectivity index is 1.41. The minimum Gasteiger partial charge on any atom is -0.489 e. The Kier molecular flexibility index (Phi) is 5.24.